The van der Waals surface area contributed by atoms with Gasteiger partial charge in [0.1, 0.15) is 11.3 Å². The number of aliphatic hydroxyl groups is 1. The second-order valence-corrected chi connectivity index (χ2v) is 6.34. The Hall–Kier alpha value is -1.81. The first kappa shape index (κ1) is 12.9. The summed E-state index contributed by atoms with van der Waals surface area (Å²) in [6.45, 7) is 2.61. The first-order valence-corrected chi connectivity index (χ1v) is 7.61. The molecule has 1 saturated carbocycles. The van der Waals surface area contributed by atoms with Gasteiger partial charge in [-0.3, -0.25) is 4.79 Å². The minimum absolute atomic E-state index is 0.0159. The number of likely N-dealkylation sites (tertiary alicyclic amines) is 1. The van der Waals surface area contributed by atoms with E-state index in [1.165, 1.54) is 0 Å². The summed E-state index contributed by atoms with van der Waals surface area (Å²) in [5, 5.41) is 11.4. The minimum Gasteiger partial charge on any atom is -0.461 e. The second-order valence-electron chi connectivity index (χ2n) is 6.34. The topological polar surface area (TPSA) is 53.7 Å². The number of hydrogen-bond donors (Lipinski definition) is 1. The van der Waals surface area contributed by atoms with Crippen LogP contribution in [0.4, 0.5) is 0 Å². The predicted molar refractivity (Wildman–Crippen MR) is 79.2 cm³/mol. The van der Waals surface area contributed by atoms with Gasteiger partial charge >= 0.3 is 0 Å². The quantitative estimate of drug-likeness (QED) is 0.923. The molecule has 1 N–H and O–H groups in total. The van der Waals surface area contributed by atoms with E-state index < -0.39 is 5.60 Å². The zero-order chi connectivity index (χ0) is 14.6. The molecular weight excluding hydrogens is 266 g/mol. The minimum atomic E-state index is -0.640. The highest BCUT2D eigenvalue weighted by Gasteiger charge is 2.52. The molecule has 0 bridgehead atoms. The first-order valence-electron chi connectivity index (χ1n) is 7.61. The van der Waals surface area contributed by atoms with Crippen molar-refractivity contribution in [3.8, 4) is 0 Å². The Morgan fingerprint density at radius 1 is 1.43 bits per heavy atom. The lowest BCUT2D eigenvalue weighted by molar-refractivity contribution is 0.0387. The molecule has 110 valence electrons. The van der Waals surface area contributed by atoms with Gasteiger partial charge in [0.2, 0.25) is 0 Å². The smallest absolute Gasteiger partial charge is 0.258 e. The van der Waals surface area contributed by atoms with Crippen LogP contribution in [0.1, 0.15) is 41.8 Å². The number of furan rings is 1. The molecule has 1 aromatic heterocycles. The number of carbonyl (C=O) groups excluding carboxylic acids is 1. The Bertz CT molecular complexity index is 714. The molecule has 4 rings (SSSR count). The molecule has 1 amide bonds. The van der Waals surface area contributed by atoms with Gasteiger partial charge in [-0.15, -0.1) is 0 Å². The van der Waals surface area contributed by atoms with Crippen molar-refractivity contribution in [3.63, 3.8) is 0 Å². The maximum atomic E-state index is 12.9. The Morgan fingerprint density at radius 3 is 3.00 bits per heavy atom. The first-order chi connectivity index (χ1) is 10.1. The summed E-state index contributed by atoms with van der Waals surface area (Å²) in [6.07, 6.45) is 3.48. The molecule has 4 heteroatoms. The van der Waals surface area contributed by atoms with Gasteiger partial charge in [0.15, 0.2) is 0 Å². The van der Waals surface area contributed by atoms with Crippen LogP contribution in [-0.4, -0.2) is 34.1 Å². The summed E-state index contributed by atoms with van der Waals surface area (Å²) in [5.41, 5.74) is 0.629. The highest BCUT2D eigenvalue weighted by molar-refractivity contribution is 6.05. The summed E-state index contributed by atoms with van der Waals surface area (Å²) < 4.78 is 5.71. The number of rotatable bonds is 2. The molecule has 1 aliphatic heterocycles. The van der Waals surface area contributed by atoms with E-state index in [1.54, 1.807) is 0 Å². The average Bonchev–Trinajstić information content (AvgIpc) is 2.92. The molecule has 2 aliphatic rings. The molecule has 0 radical (unpaired) electrons. The molecular formula is C17H19NO3. The van der Waals surface area contributed by atoms with E-state index in [9.17, 15) is 9.90 Å². The van der Waals surface area contributed by atoms with Crippen LogP contribution in [0.3, 0.4) is 0 Å². The fraction of sp³-hybridized carbons (Fsp3) is 0.471. The summed E-state index contributed by atoms with van der Waals surface area (Å²) in [7, 11) is 0. The zero-order valence-electron chi connectivity index (χ0n) is 12.1. The van der Waals surface area contributed by atoms with E-state index in [2.05, 4.69) is 0 Å². The maximum absolute atomic E-state index is 12.9. The van der Waals surface area contributed by atoms with Crippen LogP contribution < -0.4 is 0 Å². The number of aryl methyl sites for hydroxylation is 1. The average molecular weight is 285 g/mol. The number of amides is 1. The number of nitrogens with zero attached hydrogens (tertiary/aromatic N) is 1. The molecule has 1 unspecified atom stereocenters. The predicted octanol–water partition coefficient (Wildman–Crippen LogP) is 2.87. The maximum Gasteiger partial charge on any atom is 0.258 e. The summed E-state index contributed by atoms with van der Waals surface area (Å²) in [4.78, 5) is 14.8. The van der Waals surface area contributed by atoms with Gasteiger partial charge in [-0.25, -0.2) is 0 Å². The van der Waals surface area contributed by atoms with Crippen LogP contribution in [0, 0.1) is 6.92 Å². The lowest BCUT2D eigenvalue weighted by Gasteiger charge is -2.28. The van der Waals surface area contributed by atoms with E-state index in [4.69, 9.17) is 4.42 Å². The molecule has 21 heavy (non-hydrogen) atoms. The van der Waals surface area contributed by atoms with E-state index in [1.807, 2.05) is 36.1 Å². The van der Waals surface area contributed by atoms with E-state index >= 15 is 0 Å². The Labute approximate surface area is 123 Å². The third-order valence-electron chi connectivity index (χ3n) is 4.79. The third-order valence-corrected chi connectivity index (χ3v) is 4.79. The number of carbonyl (C=O) groups is 1. The molecule has 0 spiro atoms. The van der Waals surface area contributed by atoms with Crippen molar-refractivity contribution in [1.82, 2.24) is 4.90 Å². The fourth-order valence-electron chi connectivity index (χ4n) is 3.54. The van der Waals surface area contributed by atoms with E-state index in [0.29, 0.717) is 11.1 Å². The summed E-state index contributed by atoms with van der Waals surface area (Å²) in [5.74, 6) is 0.793. The van der Waals surface area contributed by atoms with Crippen molar-refractivity contribution in [2.75, 3.05) is 6.54 Å². The SMILES string of the molecule is Cc1cc2cccc(C(=O)N3CCCC3C3(O)CC3)c2o1. The molecule has 2 fully saturated rings. The van der Waals surface area contributed by atoms with Crippen LogP contribution in [0.25, 0.3) is 11.0 Å². The standard InChI is InChI=1S/C17H19NO3/c1-11-10-12-4-2-5-13(15(12)21-11)16(19)18-9-3-6-14(18)17(20)7-8-17/h2,4-5,10,14,20H,3,6-9H2,1H3. The van der Waals surface area contributed by atoms with Crippen LogP contribution in [0.5, 0.6) is 0 Å². The van der Waals surface area contributed by atoms with Gasteiger partial charge in [0.05, 0.1) is 17.2 Å². The second kappa shape index (κ2) is 4.34. The fourth-order valence-corrected chi connectivity index (χ4v) is 3.54. The van der Waals surface area contributed by atoms with Crippen LogP contribution in [0.15, 0.2) is 28.7 Å². The van der Waals surface area contributed by atoms with Crippen molar-refractivity contribution in [3.05, 3.63) is 35.6 Å². The number of para-hydroxylation sites is 1. The van der Waals surface area contributed by atoms with Gasteiger partial charge in [-0.2, -0.15) is 0 Å². The lowest BCUT2D eigenvalue weighted by Crippen LogP contribution is -2.44. The van der Waals surface area contributed by atoms with Crippen molar-refractivity contribution in [2.45, 2.75) is 44.2 Å². The normalized spacial score (nSPS) is 23.7. The third kappa shape index (κ3) is 1.97. The molecule has 4 nitrogen and oxygen atoms in total. The Morgan fingerprint density at radius 2 is 2.24 bits per heavy atom. The van der Waals surface area contributed by atoms with Gasteiger partial charge < -0.3 is 14.4 Å². The number of hydrogen-bond acceptors (Lipinski definition) is 3. The summed E-state index contributed by atoms with van der Waals surface area (Å²) >= 11 is 0. The van der Waals surface area contributed by atoms with Crippen LogP contribution in [-0.2, 0) is 0 Å². The van der Waals surface area contributed by atoms with Gasteiger partial charge in [0.25, 0.3) is 5.91 Å². The molecule has 2 heterocycles. The largest absolute Gasteiger partial charge is 0.461 e. The van der Waals surface area contributed by atoms with Crippen molar-refractivity contribution < 1.29 is 14.3 Å². The van der Waals surface area contributed by atoms with Crippen molar-refractivity contribution in [2.24, 2.45) is 0 Å². The van der Waals surface area contributed by atoms with Gasteiger partial charge in [-0.05, 0) is 44.7 Å². The van der Waals surface area contributed by atoms with Gasteiger partial charge in [-0.1, -0.05) is 12.1 Å². The highest BCUT2D eigenvalue weighted by atomic mass is 16.3. The molecule has 1 atom stereocenters. The Balaban J connectivity index is 1.73. The van der Waals surface area contributed by atoms with Crippen molar-refractivity contribution in [1.29, 1.82) is 0 Å². The lowest BCUT2D eigenvalue weighted by atomic mass is 10.1. The summed E-state index contributed by atoms with van der Waals surface area (Å²) in [6, 6.07) is 7.58. The molecule has 1 aliphatic carbocycles. The monoisotopic (exact) mass is 285 g/mol. The Kier molecular flexibility index (Phi) is 2.67. The van der Waals surface area contributed by atoms with Gasteiger partial charge in [0, 0.05) is 11.9 Å². The molecule has 1 saturated heterocycles. The molecule has 1 aromatic carbocycles. The zero-order valence-corrected chi connectivity index (χ0v) is 12.1. The van der Waals surface area contributed by atoms with Crippen molar-refractivity contribution >= 4 is 16.9 Å². The number of fused-ring (bicyclic) bond motifs is 1. The number of benzene rings is 1. The highest BCUT2D eigenvalue weighted by Crippen LogP contribution is 2.45. The van der Waals surface area contributed by atoms with E-state index in [0.717, 1.165) is 43.4 Å². The van der Waals surface area contributed by atoms with Crippen LogP contribution >= 0.6 is 0 Å². The van der Waals surface area contributed by atoms with Crippen LogP contribution in [0.2, 0.25) is 0 Å². The van der Waals surface area contributed by atoms with E-state index in [-0.39, 0.29) is 11.9 Å². The molecule has 2 aromatic rings.